The molecule has 0 atom stereocenters. The molecule has 0 aromatic heterocycles. The fourth-order valence-electron chi connectivity index (χ4n) is 6.71. The summed E-state index contributed by atoms with van der Waals surface area (Å²) in [7, 11) is 0. The monoisotopic (exact) mass is 582 g/mol. The van der Waals surface area contributed by atoms with Crippen molar-refractivity contribution < 1.29 is 4.79 Å². The van der Waals surface area contributed by atoms with E-state index in [2.05, 4.69) is 86.6 Å². The molecule has 5 rings (SSSR count). The first-order chi connectivity index (χ1) is 21.7. The number of carbonyl (C=O) groups is 1. The van der Waals surface area contributed by atoms with Gasteiger partial charge in [-0.2, -0.15) is 0 Å². The maximum atomic E-state index is 13.6. The number of rotatable bonds is 16. The summed E-state index contributed by atoms with van der Waals surface area (Å²) in [6.07, 6.45) is 18.1. The molecule has 0 aliphatic heterocycles. The van der Waals surface area contributed by atoms with Gasteiger partial charge in [0.15, 0.2) is 5.78 Å². The molecule has 44 heavy (non-hydrogen) atoms. The molecule has 0 fully saturated rings. The van der Waals surface area contributed by atoms with Crippen LogP contribution >= 0.6 is 0 Å². The standard InChI is InChI=1S/C43H50O/c1-3-5-7-9-11-13-19-33-25-29-35(30-26-33)41(36-31-27-34(28-32-36)20-14-12-10-8-6-4-2)42-37-21-15-17-23-39(37)43(44)40-24-18-16-22-38(40)42/h15-18,21-32H,3-14,19-20H2,1-2H3. The molecule has 4 aromatic rings. The van der Waals surface area contributed by atoms with Crippen LogP contribution in [0.5, 0.6) is 0 Å². The van der Waals surface area contributed by atoms with Crippen molar-refractivity contribution in [3.63, 3.8) is 0 Å². The van der Waals surface area contributed by atoms with Gasteiger partial charge >= 0.3 is 0 Å². The number of hydrogen-bond acceptors (Lipinski definition) is 1. The fourth-order valence-corrected chi connectivity index (χ4v) is 6.71. The van der Waals surface area contributed by atoms with E-state index in [0.29, 0.717) is 0 Å². The Bertz CT molecular complexity index is 1410. The molecular formula is C43H50O. The topological polar surface area (TPSA) is 17.1 Å². The van der Waals surface area contributed by atoms with Crippen molar-refractivity contribution in [1.82, 2.24) is 0 Å². The lowest BCUT2D eigenvalue weighted by Gasteiger charge is -2.25. The molecule has 0 saturated carbocycles. The minimum Gasteiger partial charge on any atom is -0.289 e. The Morgan fingerprint density at radius 2 is 0.795 bits per heavy atom. The quantitative estimate of drug-likeness (QED) is 0.106. The average Bonchev–Trinajstić information content (AvgIpc) is 3.07. The van der Waals surface area contributed by atoms with Crippen LogP contribution in [0.15, 0.2) is 97.1 Å². The van der Waals surface area contributed by atoms with Crippen molar-refractivity contribution in [2.75, 3.05) is 0 Å². The molecule has 0 spiro atoms. The second-order valence-electron chi connectivity index (χ2n) is 12.6. The molecule has 1 aliphatic carbocycles. The molecule has 0 heterocycles. The van der Waals surface area contributed by atoms with Gasteiger partial charge in [0.1, 0.15) is 0 Å². The zero-order chi connectivity index (χ0) is 30.6. The van der Waals surface area contributed by atoms with Crippen LogP contribution < -0.4 is 0 Å². The van der Waals surface area contributed by atoms with E-state index in [4.69, 9.17) is 0 Å². The Kier molecular flexibility index (Phi) is 11.8. The van der Waals surface area contributed by atoms with Crippen molar-refractivity contribution in [2.24, 2.45) is 0 Å². The highest BCUT2D eigenvalue weighted by Gasteiger charge is 2.29. The van der Waals surface area contributed by atoms with Crippen molar-refractivity contribution in [1.29, 1.82) is 0 Å². The number of carbonyl (C=O) groups excluding carboxylic acids is 1. The van der Waals surface area contributed by atoms with Gasteiger partial charge in [0, 0.05) is 11.1 Å². The third-order valence-electron chi connectivity index (χ3n) is 9.26. The molecule has 1 heteroatoms. The lowest BCUT2D eigenvalue weighted by atomic mass is 9.76. The third-order valence-corrected chi connectivity index (χ3v) is 9.26. The zero-order valence-electron chi connectivity index (χ0n) is 27.0. The normalized spacial score (nSPS) is 12.2. The van der Waals surface area contributed by atoms with Gasteiger partial charge in [-0.3, -0.25) is 4.79 Å². The maximum Gasteiger partial charge on any atom is 0.194 e. The zero-order valence-corrected chi connectivity index (χ0v) is 27.0. The van der Waals surface area contributed by atoms with Crippen LogP contribution in [0.2, 0.25) is 0 Å². The van der Waals surface area contributed by atoms with Crippen molar-refractivity contribution in [2.45, 2.75) is 104 Å². The largest absolute Gasteiger partial charge is 0.289 e. The Hall–Kier alpha value is -3.71. The van der Waals surface area contributed by atoms with Gasteiger partial charge in [0.25, 0.3) is 0 Å². The second-order valence-corrected chi connectivity index (χ2v) is 12.6. The molecule has 0 bridgehead atoms. The highest BCUT2D eigenvalue weighted by molar-refractivity contribution is 6.22. The summed E-state index contributed by atoms with van der Waals surface area (Å²) in [5, 5.41) is 0. The van der Waals surface area contributed by atoms with Gasteiger partial charge in [0.05, 0.1) is 0 Å². The minimum atomic E-state index is 0.114. The number of aryl methyl sites for hydroxylation is 2. The first kappa shape index (κ1) is 31.7. The third kappa shape index (κ3) is 7.86. The van der Waals surface area contributed by atoms with Crippen molar-refractivity contribution >= 4 is 16.9 Å². The Balaban J connectivity index is 1.49. The molecule has 228 valence electrons. The van der Waals surface area contributed by atoms with Crippen LogP contribution in [0.4, 0.5) is 0 Å². The van der Waals surface area contributed by atoms with Gasteiger partial charge in [-0.05, 0) is 70.2 Å². The molecule has 4 aromatic carbocycles. The van der Waals surface area contributed by atoms with E-state index >= 15 is 0 Å². The summed E-state index contributed by atoms with van der Waals surface area (Å²) >= 11 is 0. The summed E-state index contributed by atoms with van der Waals surface area (Å²) in [6, 6.07) is 34.8. The fraction of sp³-hybridized carbons (Fsp3) is 0.372. The second kappa shape index (κ2) is 16.4. The first-order valence-corrected chi connectivity index (χ1v) is 17.4. The summed E-state index contributed by atoms with van der Waals surface area (Å²) in [4.78, 5) is 13.6. The highest BCUT2D eigenvalue weighted by Crippen LogP contribution is 2.43. The Morgan fingerprint density at radius 3 is 1.20 bits per heavy atom. The first-order valence-electron chi connectivity index (χ1n) is 17.4. The molecule has 0 N–H and O–H groups in total. The summed E-state index contributed by atoms with van der Waals surface area (Å²) < 4.78 is 0. The van der Waals surface area contributed by atoms with E-state index in [1.807, 2.05) is 24.3 Å². The van der Waals surface area contributed by atoms with Crippen LogP contribution in [-0.2, 0) is 12.8 Å². The summed E-state index contributed by atoms with van der Waals surface area (Å²) in [6.45, 7) is 4.55. The van der Waals surface area contributed by atoms with Gasteiger partial charge in [-0.1, -0.05) is 175 Å². The average molecular weight is 583 g/mol. The lowest BCUT2D eigenvalue weighted by Crippen LogP contribution is -2.15. The molecule has 0 unspecified atom stereocenters. The van der Waals surface area contributed by atoms with E-state index in [1.165, 1.54) is 105 Å². The number of ketones is 1. The molecule has 0 amide bonds. The van der Waals surface area contributed by atoms with E-state index in [-0.39, 0.29) is 5.78 Å². The smallest absolute Gasteiger partial charge is 0.194 e. The van der Waals surface area contributed by atoms with Gasteiger partial charge in [-0.25, -0.2) is 0 Å². The number of hydrogen-bond donors (Lipinski definition) is 0. The molecule has 1 nitrogen and oxygen atoms in total. The molecule has 0 radical (unpaired) electrons. The van der Waals surface area contributed by atoms with Gasteiger partial charge in [0.2, 0.25) is 0 Å². The van der Waals surface area contributed by atoms with Crippen molar-refractivity contribution in [3.8, 4) is 0 Å². The predicted octanol–water partition coefficient (Wildman–Crippen LogP) is 12.0. The summed E-state index contributed by atoms with van der Waals surface area (Å²) in [5.41, 5.74) is 11.2. The number of unbranched alkanes of at least 4 members (excludes halogenated alkanes) is 10. The van der Waals surface area contributed by atoms with E-state index in [0.717, 1.165) is 40.7 Å². The van der Waals surface area contributed by atoms with Crippen LogP contribution in [0.1, 0.15) is 140 Å². The van der Waals surface area contributed by atoms with E-state index in [9.17, 15) is 4.79 Å². The molecule has 0 saturated heterocycles. The minimum absolute atomic E-state index is 0.114. The SMILES string of the molecule is CCCCCCCCc1ccc(C(=C2c3ccccc3C(=O)c3ccccc32)c2ccc(CCCCCCCC)cc2)cc1. The Labute approximate surface area is 266 Å². The molecule has 1 aliphatic rings. The van der Waals surface area contributed by atoms with Crippen LogP contribution in [0.3, 0.4) is 0 Å². The number of fused-ring (bicyclic) bond motifs is 2. The predicted molar refractivity (Wildman–Crippen MR) is 188 cm³/mol. The molecular weight excluding hydrogens is 532 g/mol. The summed E-state index contributed by atoms with van der Waals surface area (Å²) in [5.74, 6) is 0.114. The van der Waals surface area contributed by atoms with Crippen molar-refractivity contribution in [3.05, 3.63) is 142 Å². The van der Waals surface area contributed by atoms with E-state index in [1.54, 1.807) is 0 Å². The van der Waals surface area contributed by atoms with Gasteiger partial charge in [-0.15, -0.1) is 0 Å². The van der Waals surface area contributed by atoms with Crippen LogP contribution in [0, 0.1) is 0 Å². The van der Waals surface area contributed by atoms with Crippen LogP contribution in [0.25, 0.3) is 11.1 Å². The Morgan fingerprint density at radius 1 is 0.432 bits per heavy atom. The maximum absolute atomic E-state index is 13.6. The lowest BCUT2D eigenvalue weighted by molar-refractivity contribution is 0.103. The van der Waals surface area contributed by atoms with E-state index < -0.39 is 0 Å². The number of benzene rings is 4. The van der Waals surface area contributed by atoms with Crippen LogP contribution in [-0.4, -0.2) is 5.78 Å². The highest BCUT2D eigenvalue weighted by atomic mass is 16.1. The van der Waals surface area contributed by atoms with Gasteiger partial charge < -0.3 is 0 Å².